The number of hydrogen-bond donors (Lipinski definition) is 2. The first kappa shape index (κ1) is 17.6. The Labute approximate surface area is 166 Å². The van der Waals surface area contributed by atoms with E-state index in [4.69, 9.17) is 4.98 Å². The summed E-state index contributed by atoms with van der Waals surface area (Å²) in [5.74, 6) is 1.09. The zero-order valence-electron chi connectivity index (χ0n) is 15.6. The molecule has 1 amide bonds. The molecule has 0 bridgehead atoms. The second-order valence-electron chi connectivity index (χ2n) is 7.48. The largest absolute Gasteiger partial charge is 0.393 e. The van der Waals surface area contributed by atoms with Crippen LogP contribution < -0.4 is 10.2 Å². The van der Waals surface area contributed by atoms with E-state index in [0.29, 0.717) is 22.9 Å². The zero-order valence-corrected chi connectivity index (χ0v) is 15.6. The summed E-state index contributed by atoms with van der Waals surface area (Å²) < 4.78 is 1.68. The van der Waals surface area contributed by atoms with Gasteiger partial charge >= 0.3 is 0 Å². The molecule has 29 heavy (non-hydrogen) atoms. The van der Waals surface area contributed by atoms with Gasteiger partial charge in [0.25, 0.3) is 0 Å². The minimum Gasteiger partial charge on any atom is -0.393 e. The van der Waals surface area contributed by atoms with Crippen molar-refractivity contribution in [3.8, 4) is 17.5 Å². The normalized spacial score (nSPS) is 21.5. The number of nitrogens with zero attached hydrogens (tertiary/aromatic N) is 6. The molecule has 4 heterocycles. The topological polar surface area (TPSA) is 119 Å². The summed E-state index contributed by atoms with van der Waals surface area (Å²) in [5.41, 5.74) is 2.59. The maximum Gasteiger partial charge on any atom is 0.244 e. The molecule has 3 aromatic rings. The molecular weight excluding hydrogens is 370 g/mol. The van der Waals surface area contributed by atoms with Crippen LogP contribution >= 0.6 is 0 Å². The Hall–Kier alpha value is -3.51. The van der Waals surface area contributed by atoms with Crippen molar-refractivity contribution in [3.63, 3.8) is 0 Å². The molecule has 1 saturated carbocycles. The van der Waals surface area contributed by atoms with Crippen LogP contribution in [0.5, 0.6) is 0 Å². The smallest absolute Gasteiger partial charge is 0.244 e. The first-order valence-electron chi connectivity index (χ1n) is 9.62. The van der Waals surface area contributed by atoms with Gasteiger partial charge < -0.3 is 15.3 Å². The van der Waals surface area contributed by atoms with Crippen molar-refractivity contribution in [3.05, 3.63) is 36.3 Å². The molecule has 3 aromatic heterocycles. The lowest BCUT2D eigenvalue weighted by atomic mass is 9.91. The van der Waals surface area contributed by atoms with Crippen LogP contribution in [0.4, 0.5) is 11.5 Å². The van der Waals surface area contributed by atoms with E-state index in [1.165, 1.54) is 0 Å². The first-order valence-corrected chi connectivity index (χ1v) is 9.62. The Morgan fingerprint density at radius 3 is 2.86 bits per heavy atom. The third-order valence-electron chi connectivity index (χ3n) is 5.63. The molecule has 9 nitrogen and oxygen atoms in total. The number of pyridine rings is 1. The molecule has 0 saturated heterocycles. The van der Waals surface area contributed by atoms with Crippen molar-refractivity contribution < 1.29 is 9.90 Å². The van der Waals surface area contributed by atoms with Gasteiger partial charge in [0.1, 0.15) is 5.69 Å². The molecule has 0 radical (unpaired) electrons. The van der Waals surface area contributed by atoms with E-state index >= 15 is 0 Å². The molecule has 1 fully saturated rings. The maximum atomic E-state index is 12.2. The van der Waals surface area contributed by atoms with Crippen molar-refractivity contribution in [1.29, 1.82) is 5.26 Å². The lowest BCUT2D eigenvalue weighted by Gasteiger charge is -2.39. The van der Waals surface area contributed by atoms with E-state index in [-0.39, 0.29) is 24.6 Å². The molecule has 0 aromatic carbocycles. The molecule has 2 N–H and O–H groups in total. The van der Waals surface area contributed by atoms with Gasteiger partial charge in [0.15, 0.2) is 11.6 Å². The Morgan fingerprint density at radius 1 is 1.24 bits per heavy atom. The van der Waals surface area contributed by atoms with Gasteiger partial charge in [-0.25, -0.2) is 14.5 Å². The van der Waals surface area contributed by atoms with Crippen LogP contribution in [0.25, 0.3) is 16.9 Å². The fourth-order valence-corrected chi connectivity index (χ4v) is 4.12. The van der Waals surface area contributed by atoms with Crippen LogP contribution in [0.3, 0.4) is 0 Å². The van der Waals surface area contributed by atoms with Crippen molar-refractivity contribution >= 4 is 22.9 Å². The van der Waals surface area contributed by atoms with E-state index in [2.05, 4.69) is 21.5 Å². The Balaban J connectivity index is 1.57. The SMILES string of the molecule is N#Cc1ccn2ncc(-c3ncc4c(n3)N(C3CCC(O)CC3)CC(=O)N4)c2c1. The molecule has 1 aliphatic carbocycles. The number of carbonyl (C=O) groups is 1. The third-order valence-corrected chi connectivity index (χ3v) is 5.63. The van der Waals surface area contributed by atoms with Gasteiger partial charge in [0.05, 0.1) is 47.8 Å². The third kappa shape index (κ3) is 3.07. The van der Waals surface area contributed by atoms with E-state index in [9.17, 15) is 15.2 Å². The van der Waals surface area contributed by atoms with Crippen LogP contribution in [0, 0.1) is 11.3 Å². The van der Waals surface area contributed by atoms with E-state index < -0.39 is 0 Å². The minimum atomic E-state index is -0.265. The minimum absolute atomic E-state index is 0.0883. The number of carbonyl (C=O) groups excluding carboxylic acids is 1. The van der Waals surface area contributed by atoms with Gasteiger partial charge in [0.2, 0.25) is 5.91 Å². The zero-order chi connectivity index (χ0) is 20.0. The number of nitriles is 1. The quantitative estimate of drug-likeness (QED) is 0.685. The number of aromatic nitrogens is 4. The first-order chi connectivity index (χ1) is 14.1. The van der Waals surface area contributed by atoms with Gasteiger partial charge in [-0.3, -0.25) is 4.79 Å². The van der Waals surface area contributed by atoms with Gasteiger partial charge in [-0.15, -0.1) is 0 Å². The number of aliphatic hydroxyl groups is 1. The fraction of sp³-hybridized carbons (Fsp3) is 0.350. The molecule has 146 valence electrons. The summed E-state index contributed by atoms with van der Waals surface area (Å²) in [4.78, 5) is 23.4. The lowest BCUT2D eigenvalue weighted by molar-refractivity contribution is -0.115. The highest BCUT2D eigenvalue weighted by atomic mass is 16.3. The van der Waals surface area contributed by atoms with Crippen LogP contribution in [0.1, 0.15) is 31.2 Å². The Morgan fingerprint density at radius 2 is 2.07 bits per heavy atom. The number of rotatable bonds is 2. The van der Waals surface area contributed by atoms with Crippen LogP contribution in [-0.4, -0.2) is 49.3 Å². The van der Waals surface area contributed by atoms with Gasteiger partial charge in [-0.2, -0.15) is 10.4 Å². The fourth-order valence-electron chi connectivity index (χ4n) is 4.12. The number of anilines is 2. The average Bonchev–Trinajstić information content (AvgIpc) is 3.16. The number of amides is 1. The summed E-state index contributed by atoms with van der Waals surface area (Å²) in [5, 5.41) is 26.2. The van der Waals surface area contributed by atoms with E-state index in [1.54, 1.807) is 35.2 Å². The number of aliphatic hydroxyl groups excluding tert-OH is 1. The summed E-state index contributed by atoms with van der Waals surface area (Å²) in [6.07, 6.45) is 7.85. The molecule has 0 atom stereocenters. The van der Waals surface area contributed by atoms with E-state index in [0.717, 1.165) is 36.8 Å². The highest BCUT2D eigenvalue weighted by molar-refractivity contribution is 6.00. The predicted octanol–water partition coefficient (Wildman–Crippen LogP) is 1.72. The van der Waals surface area contributed by atoms with Crippen molar-refractivity contribution in [1.82, 2.24) is 19.6 Å². The van der Waals surface area contributed by atoms with Gasteiger partial charge in [-0.05, 0) is 37.8 Å². The molecule has 2 aliphatic rings. The molecular formula is C20H19N7O2. The molecule has 5 rings (SSSR count). The molecule has 9 heteroatoms. The average molecular weight is 389 g/mol. The molecule has 0 unspecified atom stereocenters. The van der Waals surface area contributed by atoms with Gasteiger partial charge in [0, 0.05) is 12.2 Å². The summed E-state index contributed by atoms with van der Waals surface area (Å²) in [7, 11) is 0. The van der Waals surface area contributed by atoms with Crippen LogP contribution in [-0.2, 0) is 4.79 Å². The maximum absolute atomic E-state index is 12.2. The second-order valence-corrected chi connectivity index (χ2v) is 7.48. The van der Waals surface area contributed by atoms with Crippen LogP contribution in [0.15, 0.2) is 30.7 Å². The van der Waals surface area contributed by atoms with Crippen molar-refractivity contribution in [2.45, 2.75) is 37.8 Å². The highest BCUT2D eigenvalue weighted by Gasteiger charge is 2.32. The summed E-state index contributed by atoms with van der Waals surface area (Å²) in [6, 6.07) is 5.75. The summed E-state index contributed by atoms with van der Waals surface area (Å²) in [6.45, 7) is 0.234. The number of nitrogens with one attached hydrogen (secondary N) is 1. The Bertz CT molecular complexity index is 1140. The second kappa shape index (κ2) is 6.83. The number of hydrogen-bond acceptors (Lipinski definition) is 7. The number of fused-ring (bicyclic) bond motifs is 2. The van der Waals surface area contributed by atoms with Gasteiger partial charge in [-0.1, -0.05) is 0 Å². The van der Waals surface area contributed by atoms with E-state index in [1.807, 2.05) is 4.90 Å². The van der Waals surface area contributed by atoms with Crippen molar-refractivity contribution in [2.24, 2.45) is 0 Å². The predicted molar refractivity (Wildman–Crippen MR) is 105 cm³/mol. The highest BCUT2D eigenvalue weighted by Crippen LogP contribution is 2.35. The molecule has 1 aliphatic heterocycles. The van der Waals surface area contributed by atoms with Crippen LogP contribution in [0.2, 0.25) is 0 Å². The molecule has 0 spiro atoms. The summed E-state index contributed by atoms with van der Waals surface area (Å²) >= 11 is 0. The van der Waals surface area contributed by atoms with Crippen molar-refractivity contribution in [2.75, 3.05) is 16.8 Å². The monoisotopic (exact) mass is 389 g/mol. The lowest BCUT2D eigenvalue weighted by Crippen LogP contribution is -2.47. The Kier molecular flexibility index (Phi) is 4.14. The standard InChI is InChI=1S/C20H19N7O2/c21-8-12-5-6-27-17(7-12)15(9-23-27)19-22-10-16-20(25-19)26(11-18(29)24-16)13-1-3-14(28)4-2-13/h5-7,9-10,13-14,28H,1-4,11H2,(H,24,29).